The van der Waals surface area contributed by atoms with Crippen molar-refractivity contribution < 1.29 is 9.53 Å². The molecule has 114 valence electrons. The van der Waals surface area contributed by atoms with Gasteiger partial charge in [0.1, 0.15) is 0 Å². The maximum atomic E-state index is 11.7. The monoisotopic (exact) mass is 292 g/mol. The first kappa shape index (κ1) is 18.7. The Hall–Kier alpha value is -0.320. The number of nitrogens with one attached hydrogen (secondary N) is 1. The highest BCUT2D eigenvalue weighted by Crippen LogP contribution is 2.43. The SMILES string of the molecule is CCOCCC1(CNC(=O)CCC(C)N)CCC1.Cl. The van der Waals surface area contributed by atoms with Crippen molar-refractivity contribution in [1.29, 1.82) is 0 Å². The van der Waals surface area contributed by atoms with Gasteiger partial charge in [0.25, 0.3) is 0 Å². The Morgan fingerprint density at radius 1 is 1.47 bits per heavy atom. The lowest BCUT2D eigenvalue weighted by Crippen LogP contribution is -2.43. The van der Waals surface area contributed by atoms with E-state index >= 15 is 0 Å². The summed E-state index contributed by atoms with van der Waals surface area (Å²) in [6.45, 7) is 6.34. The predicted molar refractivity (Wildman–Crippen MR) is 80.5 cm³/mol. The molecule has 5 heteroatoms. The molecule has 4 nitrogen and oxygen atoms in total. The molecule has 0 heterocycles. The van der Waals surface area contributed by atoms with Crippen molar-refractivity contribution in [2.45, 2.75) is 58.4 Å². The topological polar surface area (TPSA) is 64.3 Å². The molecule has 1 rings (SSSR count). The zero-order valence-corrected chi connectivity index (χ0v) is 13.1. The molecule has 0 spiro atoms. The molecule has 0 saturated heterocycles. The number of carbonyl (C=O) groups is 1. The Morgan fingerprint density at radius 3 is 2.63 bits per heavy atom. The highest BCUT2D eigenvalue weighted by Gasteiger charge is 2.36. The summed E-state index contributed by atoms with van der Waals surface area (Å²) in [5.41, 5.74) is 5.95. The fourth-order valence-electron chi connectivity index (χ4n) is 2.36. The Morgan fingerprint density at radius 2 is 2.16 bits per heavy atom. The Labute approximate surface area is 123 Å². The van der Waals surface area contributed by atoms with E-state index in [9.17, 15) is 4.79 Å². The van der Waals surface area contributed by atoms with Crippen LogP contribution in [0.15, 0.2) is 0 Å². The first-order chi connectivity index (χ1) is 8.58. The van der Waals surface area contributed by atoms with Gasteiger partial charge in [-0.2, -0.15) is 0 Å². The van der Waals surface area contributed by atoms with Crippen LogP contribution in [0.4, 0.5) is 0 Å². The summed E-state index contributed by atoms with van der Waals surface area (Å²) >= 11 is 0. The van der Waals surface area contributed by atoms with Gasteiger partial charge in [-0.1, -0.05) is 6.42 Å². The summed E-state index contributed by atoms with van der Waals surface area (Å²) in [5.74, 6) is 0.134. The highest BCUT2D eigenvalue weighted by atomic mass is 35.5. The zero-order chi connectivity index (χ0) is 13.4. The molecule has 1 amide bonds. The minimum Gasteiger partial charge on any atom is -0.382 e. The number of halogens is 1. The van der Waals surface area contributed by atoms with E-state index in [1.54, 1.807) is 0 Å². The number of carbonyl (C=O) groups excluding carboxylic acids is 1. The van der Waals surface area contributed by atoms with Gasteiger partial charge in [0.05, 0.1) is 0 Å². The third kappa shape index (κ3) is 7.14. The largest absolute Gasteiger partial charge is 0.382 e. The number of rotatable bonds is 9. The summed E-state index contributed by atoms with van der Waals surface area (Å²) in [6, 6.07) is 0.103. The molecule has 0 aromatic heterocycles. The average molecular weight is 293 g/mol. The van der Waals surface area contributed by atoms with Gasteiger partial charge in [0.2, 0.25) is 5.91 Å². The van der Waals surface area contributed by atoms with Gasteiger partial charge in [0, 0.05) is 32.2 Å². The molecule has 19 heavy (non-hydrogen) atoms. The Balaban J connectivity index is 0.00000324. The summed E-state index contributed by atoms with van der Waals surface area (Å²) in [4.78, 5) is 11.7. The number of amides is 1. The second-order valence-electron chi connectivity index (χ2n) is 5.59. The summed E-state index contributed by atoms with van der Waals surface area (Å²) in [5, 5.41) is 3.06. The molecule has 0 aromatic rings. The molecule has 1 unspecified atom stereocenters. The normalized spacial score (nSPS) is 18.1. The second kappa shape index (κ2) is 9.56. The summed E-state index contributed by atoms with van der Waals surface area (Å²) < 4.78 is 5.42. The number of hydrogen-bond acceptors (Lipinski definition) is 3. The quantitative estimate of drug-likeness (QED) is 0.641. The van der Waals surface area contributed by atoms with Crippen molar-refractivity contribution in [1.82, 2.24) is 5.32 Å². The van der Waals surface area contributed by atoms with E-state index < -0.39 is 0 Å². The van der Waals surface area contributed by atoms with Gasteiger partial charge in [-0.15, -0.1) is 12.4 Å². The van der Waals surface area contributed by atoms with E-state index in [1.165, 1.54) is 19.3 Å². The molecule has 3 N–H and O–H groups in total. The van der Waals surface area contributed by atoms with Gasteiger partial charge < -0.3 is 15.8 Å². The van der Waals surface area contributed by atoms with Crippen LogP contribution in [-0.2, 0) is 9.53 Å². The smallest absolute Gasteiger partial charge is 0.220 e. The molecule has 0 radical (unpaired) electrons. The number of ether oxygens (including phenoxy) is 1. The van der Waals surface area contributed by atoms with Gasteiger partial charge in [-0.05, 0) is 44.9 Å². The number of nitrogens with two attached hydrogens (primary N) is 1. The van der Waals surface area contributed by atoms with E-state index in [1.807, 2.05) is 13.8 Å². The first-order valence-electron chi connectivity index (χ1n) is 7.18. The third-order valence-corrected chi connectivity index (χ3v) is 3.88. The van der Waals surface area contributed by atoms with Crippen molar-refractivity contribution in [3.05, 3.63) is 0 Å². The lowest BCUT2D eigenvalue weighted by Gasteiger charge is -2.42. The maximum absolute atomic E-state index is 11.7. The number of hydrogen-bond donors (Lipinski definition) is 2. The maximum Gasteiger partial charge on any atom is 0.220 e. The van der Waals surface area contributed by atoms with E-state index in [-0.39, 0.29) is 24.4 Å². The molecule has 1 atom stereocenters. The van der Waals surface area contributed by atoms with Crippen molar-refractivity contribution >= 4 is 18.3 Å². The lowest BCUT2D eigenvalue weighted by atomic mass is 9.66. The summed E-state index contributed by atoms with van der Waals surface area (Å²) in [6.07, 6.45) is 6.08. The van der Waals surface area contributed by atoms with Crippen LogP contribution in [0.1, 0.15) is 52.4 Å². The van der Waals surface area contributed by atoms with Gasteiger partial charge in [-0.25, -0.2) is 0 Å². The van der Waals surface area contributed by atoms with Crippen LogP contribution in [-0.4, -0.2) is 31.7 Å². The van der Waals surface area contributed by atoms with E-state index in [2.05, 4.69) is 5.32 Å². The van der Waals surface area contributed by atoms with Crippen molar-refractivity contribution in [3.63, 3.8) is 0 Å². The fourth-order valence-corrected chi connectivity index (χ4v) is 2.36. The Bertz CT molecular complexity index is 256. The minimum absolute atomic E-state index is 0. The fraction of sp³-hybridized carbons (Fsp3) is 0.929. The molecule has 1 saturated carbocycles. The summed E-state index contributed by atoms with van der Waals surface area (Å²) in [7, 11) is 0. The molecule has 0 aromatic carbocycles. The van der Waals surface area contributed by atoms with Crippen LogP contribution < -0.4 is 11.1 Å². The van der Waals surface area contributed by atoms with Crippen LogP contribution in [0, 0.1) is 5.41 Å². The Kier molecular flexibility index (Phi) is 9.40. The molecular weight excluding hydrogens is 264 g/mol. The molecule has 0 bridgehead atoms. The zero-order valence-electron chi connectivity index (χ0n) is 12.2. The minimum atomic E-state index is 0. The first-order valence-corrected chi connectivity index (χ1v) is 7.18. The molecule has 1 aliphatic rings. The van der Waals surface area contributed by atoms with Gasteiger partial charge >= 0.3 is 0 Å². The van der Waals surface area contributed by atoms with Crippen molar-refractivity contribution in [2.24, 2.45) is 11.1 Å². The van der Waals surface area contributed by atoms with Crippen molar-refractivity contribution in [3.8, 4) is 0 Å². The molecular formula is C14H29ClN2O2. The van der Waals surface area contributed by atoms with Crippen molar-refractivity contribution in [2.75, 3.05) is 19.8 Å². The molecule has 0 aliphatic heterocycles. The van der Waals surface area contributed by atoms with Crippen LogP contribution in [0.3, 0.4) is 0 Å². The van der Waals surface area contributed by atoms with Crippen LogP contribution in [0.25, 0.3) is 0 Å². The lowest BCUT2D eigenvalue weighted by molar-refractivity contribution is -0.122. The van der Waals surface area contributed by atoms with Gasteiger partial charge in [0.15, 0.2) is 0 Å². The predicted octanol–water partition coefficient (Wildman–Crippen LogP) is 2.25. The van der Waals surface area contributed by atoms with Crippen LogP contribution in [0.5, 0.6) is 0 Å². The third-order valence-electron chi connectivity index (χ3n) is 3.88. The highest BCUT2D eigenvalue weighted by molar-refractivity contribution is 5.85. The van der Waals surface area contributed by atoms with E-state index in [0.29, 0.717) is 11.8 Å². The van der Waals surface area contributed by atoms with Gasteiger partial charge in [-0.3, -0.25) is 4.79 Å². The average Bonchev–Trinajstić information content (AvgIpc) is 2.29. The standard InChI is InChI=1S/C14H28N2O2.ClH/c1-3-18-10-9-14(7-4-8-14)11-16-13(17)6-5-12(2)15;/h12H,3-11,15H2,1-2H3,(H,16,17);1H. The van der Waals surface area contributed by atoms with E-state index in [4.69, 9.17) is 10.5 Å². The van der Waals surface area contributed by atoms with E-state index in [0.717, 1.165) is 32.6 Å². The molecule has 1 fully saturated rings. The van der Waals surface area contributed by atoms with Crippen LogP contribution >= 0.6 is 12.4 Å². The second-order valence-corrected chi connectivity index (χ2v) is 5.59. The van der Waals surface area contributed by atoms with Crippen LogP contribution in [0.2, 0.25) is 0 Å². The molecule has 1 aliphatic carbocycles.